The van der Waals surface area contributed by atoms with Gasteiger partial charge in [0.05, 0.1) is 12.8 Å². The van der Waals surface area contributed by atoms with Gasteiger partial charge in [-0.3, -0.25) is 4.98 Å². The molecule has 23 heavy (non-hydrogen) atoms. The fraction of sp³-hybridized carbons (Fsp3) is 0.250. The Kier molecular flexibility index (Phi) is 3.05. The first-order valence-corrected chi connectivity index (χ1v) is 7.82. The quantitative estimate of drug-likeness (QED) is 0.692. The van der Waals surface area contributed by atoms with Crippen LogP contribution in [0.15, 0.2) is 48.7 Å². The molecule has 0 radical (unpaired) electrons. The van der Waals surface area contributed by atoms with Gasteiger partial charge in [-0.25, -0.2) is 0 Å². The number of nitrogens with zero attached hydrogens (tertiary/aromatic N) is 1. The van der Waals surface area contributed by atoms with Crippen molar-refractivity contribution in [1.82, 2.24) is 4.98 Å². The minimum absolute atomic E-state index is 0.228. The third kappa shape index (κ3) is 2.24. The van der Waals surface area contributed by atoms with Crippen LogP contribution in [0.25, 0.3) is 22.0 Å². The van der Waals surface area contributed by atoms with Gasteiger partial charge in [0.1, 0.15) is 5.60 Å². The van der Waals surface area contributed by atoms with Crippen LogP contribution < -0.4 is 9.47 Å². The second-order valence-electron chi connectivity index (χ2n) is 6.55. The molecule has 1 aliphatic heterocycles. The molecular formula is C20H19NO2. The molecule has 0 spiro atoms. The van der Waals surface area contributed by atoms with Gasteiger partial charge in [0, 0.05) is 29.1 Å². The lowest BCUT2D eigenvalue weighted by atomic mass is 9.93. The average molecular weight is 305 g/mol. The largest absolute Gasteiger partial charge is 0.493 e. The van der Waals surface area contributed by atoms with E-state index in [-0.39, 0.29) is 5.60 Å². The van der Waals surface area contributed by atoms with Crippen molar-refractivity contribution in [3.05, 3.63) is 54.2 Å². The van der Waals surface area contributed by atoms with Crippen LogP contribution in [0.2, 0.25) is 0 Å². The van der Waals surface area contributed by atoms with E-state index in [0.717, 1.165) is 34.6 Å². The highest BCUT2D eigenvalue weighted by Gasteiger charge is 2.35. The van der Waals surface area contributed by atoms with Crippen molar-refractivity contribution in [2.75, 3.05) is 7.11 Å². The molecule has 0 aliphatic carbocycles. The fourth-order valence-electron chi connectivity index (χ4n) is 3.37. The number of aromatic nitrogens is 1. The van der Waals surface area contributed by atoms with E-state index < -0.39 is 0 Å². The molecule has 0 fully saturated rings. The molecule has 1 aromatic heterocycles. The number of rotatable bonds is 2. The minimum Gasteiger partial charge on any atom is -0.493 e. The Balaban J connectivity index is 2.07. The molecule has 3 nitrogen and oxygen atoms in total. The molecule has 3 heteroatoms. The van der Waals surface area contributed by atoms with Crippen LogP contribution in [-0.4, -0.2) is 17.7 Å². The summed E-state index contributed by atoms with van der Waals surface area (Å²) in [5, 5.41) is 2.30. The van der Waals surface area contributed by atoms with Crippen molar-refractivity contribution in [3.63, 3.8) is 0 Å². The van der Waals surface area contributed by atoms with Crippen molar-refractivity contribution >= 4 is 10.8 Å². The van der Waals surface area contributed by atoms with Crippen molar-refractivity contribution < 1.29 is 9.47 Å². The first kappa shape index (κ1) is 14.1. The molecule has 116 valence electrons. The average Bonchev–Trinajstić information content (AvgIpc) is 2.89. The Labute approximate surface area is 135 Å². The predicted molar refractivity (Wildman–Crippen MR) is 92.1 cm³/mol. The Morgan fingerprint density at radius 3 is 2.65 bits per heavy atom. The third-order valence-electron chi connectivity index (χ3n) is 4.32. The smallest absolute Gasteiger partial charge is 0.166 e. The number of methoxy groups -OCH3 is 1. The molecule has 0 N–H and O–H groups in total. The molecule has 0 bridgehead atoms. The predicted octanol–water partition coefficient (Wildman–Crippen LogP) is 4.62. The maximum Gasteiger partial charge on any atom is 0.166 e. The van der Waals surface area contributed by atoms with E-state index in [1.54, 1.807) is 7.11 Å². The maximum atomic E-state index is 6.16. The van der Waals surface area contributed by atoms with Crippen molar-refractivity contribution in [1.29, 1.82) is 0 Å². The zero-order valence-corrected chi connectivity index (χ0v) is 13.6. The summed E-state index contributed by atoms with van der Waals surface area (Å²) in [6.45, 7) is 4.22. The first-order chi connectivity index (χ1) is 11.1. The fourth-order valence-corrected chi connectivity index (χ4v) is 3.37. The monoisotopic (exact) mass is 305 g/mol. The highest BCUT2D eigenvalue weighted by atomic mass is 16.5. The number of ether oxygens (including phenoxy) is 2. The van der Waals surface area contributed by atoms with Crippen LogP contribution in [-0.2, 0) is 6.42 Å². The van der Waals surface area contributed by atoms with Gasteiger partial charge in [-0.2, -0.15) is 0 Å². The van der Waals surface area contributed by atoms with Gasteiger partial charge in [0.25, 0.3) is 0 Å². The molecular weight excluding hydrogens is 286 g/mol. The van der Waals surface area contributed by atoms with Gasteiger partial charge in [-0.1, -0.05) is 30.3 Å². The van der Waals surface area contributed by atoms with E-state index in [9.17, 15) is 0 Å². The highest BCUT2D eigenvalue weighted by molar-refractivity contribution is 6.00. The number of benzene rings is 2. The van der Waals surface area contributed by atoms with Crippen molar-refractivity contribution in [3.8, 4) is 22.8 Å². The minimum atomic E-state index is -0.228. The lowest BCUT2D eigenvalue weighted by Gasteiger charge is -2.17. The summed E-state index contributed by atoms with van der Waals surface area (Å²) in [7, 11) is 1.69. The summed E-state index contributed by atoms with van der Waals surface area (Å²) in [6.07, 6.45) is 2.71. The third-order valence-corrected chi connectivity index (χ3v) is 4.32. The molecule has 0 amide bonds. The van der Waals surface area contributed by atoms with E-state index in [4.69, 9.17) is 9.47 Å². The number of hydrogen-bond donors (Lipinski definition) is 0. The molecule has 2 heterocycles. The lowest BCUT2D eigenvalue weighted by molar-refractivity contribution is 0.134. The van der Waals surface area contributed by atoms with Gasteiger partial charge in [-0.15, -0.1) is 0 Å². The van der Waals surface area contributed by atoms with Crippen LogP contribution >= 0.6 is 0 Å². The van der Waals surface area contributed by atoms with Crippen LogP contribution in [0.1, 0.15) is 19.4 Å². The number of pyridine rings is 1. The van der Waals surface area contributed by atoms with Crippen LogP contribution in [0, 0.1) is 0 Å². The van der Waals surface area contributed by atoms with E-state index in [0.29, 0.717) is 0 Å². The molecule has 3 aromatic rings. The van der Waals surface area contributed by atoms with E-state index >= 15 is 0 Å². The maximum absolute atomic E-state index is 6.16. The summed E-state index contributed by atoms with van der Waals surface area (Å²) in [6, 6.07) is 14.4. The molecule has 0 atom stereocenters. The van der Waals surface area contributed by atoms with Gasteiger partial charge in [0.15, 0.2) is 11.5 Å². The summed E-state index contributed by atoms with van der Waals surface area (Å²) in [4.78, 5) is 4.66. The Bertz CT molecular complexity index is 885. The Morgan fingerprint density at radius 2 is 1.91 bits per heavy atom. The van der Waals surface area contributed by atoms with Crippen LogP contribution in [0.3, 0.4) is 0 Å². The van der Waals surface area contributed by atoms with E-state index in [1.807, 2.05) is 36.5 Å². The van der Waals surface area contributed by atoms with E-state index in [1.165, 1.54) is 10.9 Å². The topological polar surface area (TPSA) is 31.4 Å². The first-order valence-electron chi connectivity index (χ1n) is 7.82. The second kappa shape index (κ2) is 4.98. The molecule has 0 saturated heterocycles. The summed E-state index contributed by atoms with van der Waals surface area (Å²) in [5.41, 5.74) is 3.09. The van der Waals surface area contributed by atoms with Crippen LogP contribution in [0.5, 0.6) is 11.5 Å². The summed E-state index contributed by atoms with van der Waals surface area (Å²) in [5.74, 6) is 1.65. The second-order valence-corrected chi connectivity index (χ2v) is 6.55. The number of hydrogen-bond acceptors (Lipinski definition) is 3. The van der Waals surface area contributed by atoms with Gasteiger partial charge in [-0.05, 0) is 31.4 Å². The Hall–Kier alpha value is -2.55. The van der Waals surface area contributed by atoms with Gasteiger partial charge >= 0.3 is 0 Å². The molecule has 4 rings (SSSR count). The molecule has 1 aliphatic rings. The summed E-state index contributed by atoms with van der Waals surface area (Å²) >= 11 is 0. The molecule has 0 unspecified atom stereocenters. The standard InChI is InChI=1S/C20H19NO2/c1-20(2)12-15-17-14(11-16(22-3)19(15)23-20)9-10-21-18(17)13-7-5-4-6-8-13/h4-11H,12H2,1-3H3. The van der Waals surface area contributed by atoms with E-state index in [2.05, 4.69) is 31.0 Å². The Morgan fingerprint density at radius 1 is 1.13 bits per heavy atom. The lowest BCUT2D eigenvalue weighted by Crippen LogP contribution is -2.24. The highest BCUT2D eigenvalue weighted by Crippen LogP contribution is 2.47. The molecule has 0 saturated carbocycles. The SMILES string of the molecule is COc1cc2ccnc(-c3ccccc3)c2c2c1OC(C)(C)C2. The number of fused-ring (bicyclic) bond motifs is 3. The summed E-state index contributed by atoms with van der Waals surface area (Å²) < 4.78 is 11.7. The van der Waals surface area contributed by atoms with Crippen LogP contribution in [0.4, 0.5) is 0 Å². The molecule has 2 aromatic carbocycles. The van der Waals surface area contributed by atoms with Crippen molar-refractivity contribution in [2.45, 2.75) is 25.9 Å². The van der Waals surface area contributed by atoms with Crippen molar-refractivity contribution in [2.24, 2.45) is 0 Å². The zero-order valence-electron chi connectivity index (χ0n) is 13.6. The zero-order chi connectivity index (χ0) is 16.0. The van der Waals surface area contributed by atoms with Gasteiger partial charge < -0.3 is 9.47 Å². The van der Waals surface area contributed by atoms with Gasteiger partial charge in [0.2, 0.25) is 0 Å². The normalized spacial score (nSPS) is 15.3.